The number of ether oxygens (including phenoxy) is 1. The summed E-state index contributed by atoms with van der Waals surface area (Å²) in [6.45, 7) is 1.92. The van der Waals surface area contributed by atoms with Gasteiger partial charge in [0.25, 0.3) is 0 Å². The lowest BCUT2D eigenvalue weighted by Crippen LogP contribution is -2.48. The number of nitrogens with one attached hydrogen (secondary N) is 2. The van der Waals surface area contributed by atoms with Gasteiger partial charge in [0.05, 0.1) is 5.92 Å². The van der Waals surface area contributed by atoms with Gasteiger partial charge >= 0.3 is 12.1 Å². The maximum absolute atomic E-state index is 12.6. The molecule has 0 spiro atoms. The van der Waals surface area contributed by atoms with E-state index in [9.17, 15) is 19.5 Å². The largest absolute Gasteiger partial charge is 0.480 e. The number of carbonyl (C=O) groups is 3. The van der Waals surface area contributed by atoms with Crippen LogP contribution in [0.2, 0.25) is 0 Å². The second-order valence-corrected chi connectivity index (χ2v) is 8.42. The Morgan fingerprint density at radius 3 is 2.25 bits per heavy atom. The Hall–Kier alpha value is -3.35. The first-order valence-corrected chi connectivity index (χ1v) is 11.1. The minimum Gasteiger partial charge on any atom is -0.480 e. The van der Waals surface area contributed by atoms with E-state index in [-0.39, 0.29) is 24.5 Å². The number of aliphatic carboxylic acids is 1. The van der Waals surface area contributed by atoms with Crippen molar-refractivity contribution in [1.29, 1.82) is 0 Å². The van der Waals surface area contributed by atoms with E-state index in [0.29, 0.717) is 19.3 Å². The molecule has 0 aliphatic heterocycles. The average Bonchev–Trinajstić information content (AvgIpc) is 3.38. The van der Waals surface area contributed by atoms with E-state index in [2.05, 4.69) is 34.9 Å². The van der Waals surface area contributed by atoms with Crippen molar-refractivity contribution in [1.82, 2.24) is 10.6 Å². The highest BCUT2D eigenvalue weighted by Gasteiger charge is 2.36. The fourth-order valence-electron chi connectivity index (χ4n) is 4.86. The minimum absolute atomic E-state index is 0.0308. The normalized spacial score (nSPS) is 20.2. The SMILES string of the molecule is CC[C@H](NC(=O)C1CCCC1NC(=O)OCC1c2ccccc2-c2ccccc21)C(=O)O. The van der Waals surface area contributed by atoms with Crippen molar-refractivity contribution in [2.45, 2.75) is 50.6 Å². The van der Waals surface area contributed by atoms with Crippen LogP contribution in [-0.4, -0.2) is 41.8 Å². The zero-order valence-corrected chi connectivity index (χ0v) is 18.0. The lowest BCUT2D eigenvalue weighted by Gasteiger charge is -2.22. The molecule has 0 radical (unpaired) electrons. The molecule has 7 nitrogen and oxygen atoms in total. The summed E-state index contributed by atoms with van der Waals surface area (Å²) in [5, 5.41) is 14.6. The lowest BCUT2D eigenvalue weighted by atomic mass is 9.98. The number of alkyl carbamates (subject to hydrolysis) is 1. The first kappa shape index (κ1) is 21.9. The van der Waals surface area contributed by atoms with E-state index in [0.717, 1.165) is 28.7 Å². The van der Waals surface area contributed by atoms with Gasteiger partial charge in [-0.25, -0.2) is 9.59 Å². The summed E-state index contributed by atoms with van der Waals surface area (Å²) in [4.78, 5) is 36.4. The quantitative estimate of drug-likeness (QED) is 0.614. The van der Waals surface area contributed by atoms with Crippen molar-refractivity contribution in [2.24, 2.45) is 5.92 Å². The number of carboxylic acids is 1. The monoisotopic (exact) mass is 436 g/mol. The van der Waals surface area contributed by atoms with Crippen molar-refractivity contribution in [3.8, 4) is 11.1 Å². The fraction of sp³-hybridized carbons (Fsp3) is 0.400. The number of hydrogen-bond donors (Lipinski definition) is 3. The summed E-state index contributed by atoms with van der Waals surface area (Å²) in [6, 6.07) is 15.0. The van der Waals surface area contributed by atoms with Crippen molar-refractivity contribution in [3.63, 3.8) is 0 Å². The Morgan fingerprint density at radius 1 is 1.03 bits per heavy atom. The van der Waals surface area contributed by atoms with Crippen LogP contribution in [0.25, 0.3) is 11.1 Å². The Labute approximate surface area is 187 Å². The number of benzene rings is 2. The van der Waals surface area contributed by atoms with Crippen LogP contribution in [0.1, 0.15) is 49.7 Å². The van der Waals surface area contributed by atoms with Crippen LogP contribution in [0.15, 0.2) is 48.5 Å². The molecule has 2 aliphatic carbocycles. The van der Waals surface area contributed by atoms with Gasteiger partial charge in [-0.2, -0.15) is 0 Å². The molecular weight excluding hydrogens is 408 g/mol. The van der Waals surface area contributed by atoms with Gasteiger partial charge in [0.1, 0.15) is 12.6 Å². The van der Waals surface area contributed by atoms with Crippen LogP contribution in [-0.2, 0) is 14.3 Å². The third kappa shape index (κ3) is 4.33. The molecule has 4 rings (SSSR count). The molecule has 0 bridgehead atoms. The van der Waals surface area contributed by atoms with E-state index in [1.807, 2.05) is 24.3 Å². The lowest BCUT2D eigenvalue weighted by molar-refractivity contribution is -0.142. The molecule has 168 valence electrons. The van der Waals surface area contributed by atoms with Gasteiger partial charge in [0.2, 0.25) is 5.91 Å². The van der Waals surface area contributed by atoms with Crippen LogP contribution in [0.3, 0.4) is 0 Å². The zero-order valence-electron chi connectivity index (χ0n) is 18.0. The Morgan fingerprint density at radius 2 is 1.66 bits per heavy atom. The standard InChI is InChI=1S/C25H28N2O5/c1-2-21(24(29)30)26-23(28)19-12-7-13-22(19)27-25(31)32-14-20-17-10-5-3-8-15(17)16-9-4-6-11-18(16)20/h3-6,8-11,19-22H,2,7,12-14H2,1H3,(H,26,28)(H,27,31)(H,29,30)/t19?,21-,22?/m0/s1. The molecule has 1 fully saturated rings. The molecule has 32 heavy (non-hydrogen) atoms. The highest BCUT2D eigenvalue weighted by Crippen LogP contribution is 2.44. The third-order valence-corrected chi connectivity index (χ3v) is 6.52. The maximum Gasteiger partial charge on any atom is 0.407 e. The fourth-order valence-corrected chi connectivity index (χ4v) is 4.86. The van der Waals surface area contributed by atoms with Crippen molar-refractivity contribution in [3.05, 3.63) is 59.7 Å². The summed E-state index contributed by atoms with van der Waals surface area (Å²) >= 11 is 0. The first-order chi connectivity index (χ1) is 15.5. The van der Waals surface area contributed by atoms with Crippen molar-refractivity contribution in [2.75, 3.05) is 6.61 Å². The number of fused-ring (bicyclic) bond motifs is 3. The van der Waals surface area contributed by atoms with Gasteiger partial charge < -0.3 is 20.5 Å². The van der Waals surface area contributed by atoms with Crippen LogP contribution < -0.4 is 10.6 Å². The minimum atomic E-state index is -1.06. The van der Waals surface area contributed by atoms with Crippen LogP contribution in [0.4, 0.5) is 4.79 Å². The molecule has 2 aliphatic rings. The van der Waals surface area contributed by atoms with Gasteiger partial charge in [-0.1, -0.05) is 61.9 Å². The number of carbonyl (C=O) groups excluding carboxylic acids is 2. The Bertz CT molecular complexity index is 975. The van der Waals surface area contributed by atoms with Crippen molar-refractivity contribution < 1.29 is 24.2 Å². The molecule has 3 N–H and O–H groups in total. The van der Waals surface area contributed by atoms with E-state index in [4.69, 9.17) is 4.74 Å². The van der Waals surface area contributed by atoms with E-state index < -0.39 is 24.0 Å². The summed E-state index contributed by atoms with van der Waals surface area (Å²) in [6.07, 6.45) is 1.80. The van der Waals surface area contributed by atoms with Gasteiger partial charge in [-0.15, -0.1) is 0 Å². The molecule has 2 aromatic rings. The third-order valence-electron chi connectivity index (χ3n) is 6.52. The van der Waals surface area contributed by atoms with E-state index >= 15 is 0 Å². The van der Waals surface area contributed by atoms with Gasteiger partial charge in [-0.05, 0) is 41.5 Å². The molecule has 2 amide bonds. The summed E-state index contributed by atoms with van der Waals surface area (Å²) in [7, 11) is 0. The molecule has 0 aromatic heterocycles. The zero-order chi connectivity index (χ0) is 22.7. The van der Waals surface area contributed by atoms with E-state index in [1.165, 1.54) is 0 Å². The predicted octanol–water partition coefficient (Wildman–Crippen LogP) is 3.67. The Balaban J connectivity index is 1.37. The smallest absolute Gasteiger partial charge is 0.407 e. The van der Waals surface area contributed by atoms with Gasteiger partial charge in [0.15, 0.2) is 0 Å². The summed E-state index contributed by atoms with van der Waals surface area (Å²) in [5.74, 6) is -1.87. The molecule has 2 unspecified atom stereocenters. The molecule has 0 heterocycles. The topological polar surface area (TPSA) is 105 Å². The first-order valence-electron chi connectivity index (χ1n) is 11.1. The Kier molecular flexibility index (Phi) is 6.44. The van der Waals surface area contributed by atoms with Crippen molar-refractivity contribution >= 4 is 18.0 Å². The number of amides is 2. The summed E-state index contributed by atoms with van der Waals surface area (Å²) in [5.41, 5.74) is 4.60. The second kappa shape index (κ2) is 9.42. The number of carboxylic acid groups (broad SMARTS) is 1. The number of hydrogen-bond acceptors (Lipinski definition) is 4. The van der Waals surface area contributed by atoms with Crippen LogP contribution in [0, 0.1) is 5.92 Å². The average molecular weight is 437 g/mol. The van der Waals surface area contributed by atoms with Crippen LogP contribution in [0.5, 0.6) is 0 Å². The molecule has 7 heteroatoms. The van der Waals surface area contributed by atoms with E-state index in [1.54, 1.807) is 6.92 Å². The number of rotatable bonds is 7. The predicted molar refractivity (Wildman–Crippen MR) is 119 cm³/mol. The molecule has 3 atom stereocenters. The second-order valence-electron chi connectivity index (χ2n) is 8.42. The molecular formula is C25H28N2O5. The molecule has 2 aromatic carbocycles. The van der Waals surface area contributed by atoms with Crippen LogP contribution >= 0.6 is 0 Å². The summed E-state index contributed by atoms with van der Waals surface area (Å²) < 4.78 is 5.59. The van der Waals surface area contributed by atoms with Gasteiger partial charge in [-0.3, -0.25) is 4.79 Å². The molecule has 1 saturated carbocycles. The van der Waals surface area contributed by atoms with Gasteiger partial charge in [0, 0.05) is 12.0 Å². The highest BCUT2D eigenvalue weighted by molar-refractivity contribution is 5.86. The highest BCUT2D eigenvalue weighted by atomic mass is 16.5. The maximum atomic E-state index is 12.6. The molecule has 0 saturated heterocycles.